The second-order valence-corrected chi connectivity index (χ2v) is 17.0. The lowest BCUT2D eigenvalue weighted by Gasteiger charge is -2.28. The van der Waals surface area contributed by atoms with Crippen molar-refractivity contribution in [2.75, 3.05) is 4.90 Å². The van der Waals surface area contributed by atoms with E-state index >= 15 is 0 Å². The van der Waals surface area contributed by atoms with Crippen LogP contribution < -0.4 is 4.90 Å². The van der Waals surface area contributed by atoms with E-state index in [1.54, 1.807) is 0 Å². The molecule has 0 unspecified atom stereocenters. The molecule has 11 aromatic rings. The third-order valence-corrected chi connectivity index (χ3v) is 13.1. The molecule has 1 aliphatic rings. The summed E-state index contributed by atoms with van der Waals surface area (Å²) in [5.41, 5.74) is 21.7. The zero-order valence-electron chi connectivity index (χ0n) is 34.7. The van der Waals surface area contributed by atoms with E-state index in [1.165, 1.54) is 72.1 Å². The van der Waals surface area contributed by atoms with Crippen LogP contribution in [0.2, 0.25) is 0 Å². The van der Waals surface area contributed by atoms with Gasteiger partial charge in [-0.15, -0.1) is 0 Å². The van der Waals surface area contributed by atoms with Crippen LogP contribution in [0.1, 0.15) is 25.0 Å². The fourth-order valence-corrected chi connectivity index (χ4v) is 10.1. The molecule has 9 aromatic carbocycles. The number of aromatic nitrogens is 2. The molecule has 0 radical (unpaired) electrons. The van der Waals surface area contributed by atoms with Crippen LogP contribution in [0, 0.1) is 0 Å². The van der Waals surface area contributed by atoms with E-state index in [1.807, 2.05) is 0 Å². The Labute approximate surface area is 362 Å². The highest BCUT2D eigenvalue weighted by atomic mass is 15.2. The van der Waals surface area contributed by atoms with Crippen molar-refractivity contribution < 1.29 is 0 Å². The standard InChI is InChI=1S/C59H43N3/c1-59(2)52-21-11-9-19-49(52)50-38-37-48(39-53(50)59)60(45-31-29-43(30-32-45)41-17-7-4-8-18-41)46-33-35-47(36-34-46)61-55-23-13-14-24-56(55)62-54-22-12-10-20-51(54)57(58(61)62)44-27-25-42(26-28-44)40-15-5-3-6-16-40/h3-39H,1-2H3. The average molecular weight is 794 g/mol. The van der Waals surface area contributed by atoms with Crippen molar-refractivity contribution in [2.45, 2.75) is 19.3 Å². The molecule has 2 heterocycles. The summed E-state index contributed by atoms with van der Waals surface area (Å²) in [5.74, 6) is 0. The Balaban J connectivity index is 1.02. The van der Waals surface area contributed by atoms with Gasteiger partial charge in [-0.1, -0.05) is 172 Å². The molecule has 12 rings (SSSR count). The number of benzene rings is 9. The highest BCUT2D eigenvalue weighted by molar-refractivity contribution is 6.09. The van der Waals surface area contributed by atoms with E-state index in [9.17, 15) is 0 Å². The monoisotopic (exact) mass is 793 g/mol. The summed E-state index contributed by atoms with van der Waals surface area (Å²) >= 11 is 0. The Morgan fingerprint density at radius 2 is 0.855 bits per heavy atom. The Morgan fingerprint density at radius 3 is 1.53 bits per heavy atom. The molecule has 0 N–H and O–H groups in total. The van der Waals surface area contributed by atoms with E-state index in [0.717, 1.165) is 33.9 Å². The number of fused-ring (bicyclic) bond motifs is 8. The van der Waals surface area contributed by atoms with Crippen molar-refractivity contribution in [3.05, 3.63) is 236 Å². The van der Waals surface area contributed by atoms with Gasteiger partial charge in [-0.05, 0) is 117 Å². The first-order chi connectivity index (χ1) is 30.5. The highest BCUT2D eigenvalue weighted by Gasteiger charge is 2.35. The molecule has 62 heavy (non-hydrogen) atoms. The molecule has 0 aliphatic heterocycles. The molecule has 0 amide bonds. The van der Waals surface area contributed by atoms with Crippen molar-refractivity contribution in [2.24, 2.45) is 0 Å². The minimum absolute atomic E-state index is 0.115. The lowest BCUT2D eigenvalue weighted by molar-refractivity contribution is 0.660. The maximum atomic E-state index is 2.45. The number of hydrogen-bond donors (Lipinski definition) is 0. The van der Waals surface area contributed by atoms with E-state index in [-0.39, 0.29) is 5.41 Å². The molecule has 294 valence electrons. The quantitative estimate of drug-likeness (QED) is 0.157. The Hall–Kier alpha value is -7.88. The van der Waals surface area contributed by atoms with Gasteiger partial charge in [0.05, 0.1) is 16.6 Å². The van der Waals surface area contributed by atoms with Crippen LogP contribution in [-0.2, 0) is 5.41 Å². The second kappa shape index (κ2) is 14.1. The second-order valence-electron chi connectivity index (χ2n) is 17.0. The summed E-state index contributed by atoms with van der Waals surface area (Å²) in [7, 11) is 0. The van der Waals surface area contributed by atoms with Crippen LogP contribution in [0.25, 0.3) is 77.8 Å². The number of rotatable bonds is 7. The molecule has 0 saturated heterocycles. The molecular weight excluding hydrogens is 751 g/mol. The van der Waals surface area contributed by atoms with E-state index in [4.69, 9.17) is 0 Å². The molecule has 0 saturated carbocycles. The molecule has 0 atom stereocenters. The van der Waals surface area contributed by atoms with E-state index in [2.05, 4.69) is 252 Å². The lowest BCUT2D eigenvalue weighted by atomic mass is 9.82. The first kappa shape index (κ1) is 36.0. The van der Waals surface area contributed by atoms with Gasteiger partial charge in [0.25, 0.3) is 0 Å². The molecule has 3 heteroatoms. The van der Waals surface area contributed by atoms with Crippen LogP contribution in [0.4, 0.5) is 17.1 Å². The van der Waals surface area contributed by atoms with Gasteiger partial charge in [-0.2, -0.15) is 0 Å². The summed E-state index contributed by atoms with van der Waals surface area (Å²) in [4.78, 5) is 2.41. The fourth-order valence-electron chi connectivity index (χ4n) is 10.1. The van der Waals surface area contributed by atoms with Gasteiger partial charge in [-0.3, -0.25) is 8.97 Å². The zero-order valence-corrected chi connectivity index (χ0v) is 34.7. The molecule has 2 aromatic heterocycles. The van der Waals surface area contributed by atoms with Crippen LogP contribution in [0.5, 0.6) is 0 Å². The van der Waals surface area contributed by atoms with Gasteiger partial charge < -0.3 is 4.90 Å². The van der Waals surface area contributed by atoms with Crippen molar-refractivity contribution in [1.82, 2.24) is 8.97 Å². The minimum atomic E-state index is -0.115. The number of para-hydroxylation sites is 3. The smallest absolute Gasteiger partial charge is 0.131 e. The predicted octanol–water partition coefficient (Wildman–Crippen LogP) is 15.8. The highest BCUT2D eigenvalue weighted by Crippen LogP contribution is 2.51. The van der Waals surface area contributed by atoms with Gasteiger partial charge in [0.15, 0.2) is 0 Å². The number of imidazole rings is 1. The predicted molar refractivity (Wildman–Crippen MR) is 260 cm³/mol. The van der Waals surface area contributed by atoms with Crippen LogP contribution in [0.3, 0.4) is 0 Å². The first-order valence-corrected chi connectivity index (χ1v) is 21.5. The minimum Gasteiger partial charge on any atom is -0.310 e. The summed E-state index contributed by atoms with van der Waals surface area (Å²) in [6, 6.07) is 82.0. The molecule has 3 nitrogen and oxygen atoms in total. The largest absolute Gasteiger partial charge is 0.310 e. The number of anilines is 3. The number of hydrogen-bond acceptors (Lipinski definition) is 1. The Bertz CT molecular complexity index is 3450. The summed E-state index contributed by atoms with van der Waals surface area (Å²) < 4.78 is 4.90. The molecule has 1 aliphatic carbocycles. The van der Waals surface area contributed by atoms with Gasteiger partial charge in [-0.25, -0.2) is 0 Å². The third-order valence-electron chi connectivity index (χ3n) is 13.1. The van der Waals surface area contributed by atoms with Crippen molar-refractivity contribution in [3.63, 3.8) is 0 Å². The zero-order chi connectivity index (χ0) is 41.4. The fraction of sp³-hybridized carbons (Fsp3) is 0.0508. The van der Waals surface area contributed by atoms with Gasteiger partial charge in [0.1, 0.15) is 5.65 Å². The molecule has 0 spiro atoms. The third kappa shape index (κ3) is 5.59. The Kier molecular flexibility index (Phi) is 8.20. The van der Waals surface area contributed by atoms with Gasteiger partial charge >= 0.3 is 0 Å². The van der Waals surface area contributed by atoms with Crippen LogP contribution >= 0.6 is 0 Å². The molecule has 0 bridgehead atoms. The SMILES string of the molecule is CC1(C)c2ccccc2-c2ccc(N(c3ccc(-c4ccccc4)cc3)c3ccc(-n4c5ccccc5n5c6ccccc6c(-c6ccc(-c7ccccc7)cc6)c45)cc3)cc21. The van der Waals surface area contributed by atoms with Gasteiger partial charge in [0.2, 0.25) is 0 Å². The van der Waals surface area contributed by atoms with Crippen LogP contribution in [0.15, 0.2) is 224 Å². The first-order valence-electron chi connectivity index (χ1n) is 21.5. The normalized spacial score (nSPS) is 12.8. The van der Waals surface area contributed by atoms with Crippen molar-refractivity contribution in [1.29, 1.82) is 0 Å². The molecular formula is C59H43N3. The maximum absolute atomic E-state index is 2.45. The summed E-state index contributed by atoms with van der Waals surface area (Å²) in [6.07, 6.45) is 0. The van der Waals surface area contributed by atoms with E-state index < -0.39 is 0 Å². The van der Waals surface area contributed by atoms with Crippen LogP contribution in [-0.4, -0.2) is 8.97 Å². The number of nitrogens with zero attached hydrogens (tertiary/aromatic N) is 3. The van der Waals surface area contributed by atoms with Crippen molar-refractivity contribution >= 4 is 44.6 Å². The van der Waals surface area contributed by atoms with Crippen molar-refractivity contribution in [3.8, 4) is 50.2 Å². The summed E-state index contributed by atoms with van der Waals surface area (Å²) in [5, 5.41) is 1.23. The average Bonchev–Trinajstić information content (AvgIpc) is 3.93. The topological polar surface area (TPSA) is 12.6 Å². The Morgan fingerprint density at radius 1 is 0.371 bits per heavy atom. The lowest BCUT2D eigenvalue weighted by Crippen LogP contribution is -2.16. The van der Waals surface area contributed by atoms with Gasteiger partial charge in [0, 0.05) is 39.1 Å². The van der Waals surface area contributed by atoms with E-state index in [0.29, 0.717) is 0 Å². The molecule has 0 fully saturated rings. The maximum Gasteiger partial charge on any atom is 0.131 e. The summed E-state index contributed by atoms with van der Waals surface area (Å²) in [6.45, 7) is 4.71.